The molecule has 0 bridgehead atoms. The zero-order chi connectivity index (χ0) is 17.9. The van der Waals surface area contributed by atoms with Crippen molar-refractivity contribution in [2.24, 2.45) is 0 Å². The Morgan fingerprint density at radius 1 is 0.346 bits per heavy atom. The molecule has 4 aromatic carbocycles. The van der Waals surface area contributed by atoms with Crippen LogP contribution in [0.25, 0.3) is 33.4 Å². The van der Waals surface area contributed by atoms with E-state index in [0.29, 0.717) is 0 Å². The molecule has 0 atom stereocenters. The molecule has 0 nitrogen and oxygen atoms in total. The predicted molar refractivity (Wildman–Crippen MR) is 112 cm³/mol. The maximum atomic E-state index is 2.27. The first-order valence-electron chi connectivity index (χ1n) is 9.04. The molecule has 0 aliphatic rings. The Morgan fingerprint density at radius 2 is 0.692 bits per heavy atom. The zero-order valence-electron chi connectivity index (χ0n) is 15.2. The molecular formula is C26H22. The molecule has 0 saturated heterocycles. The van der Waals surface area contributed by atoms with Crippen LogP contribution in [0, 0.1) is 13.8 Å². The van der Waals surface area contributed by atoms with E-state index in [4.69, 9.17) is 0 Å². The number of hydrogen-bond donors (Lipinski definition) is 0. The van der Waals surface area contributed by atoms with Gasteiger partial charge in [0.05, 0.1) is 0 Å². The summed E-state index contributed by atoms with van der Waals surface area (Å²) in [4.78, 5) is 0. The highest BCUT2D eigenvalue weighted by molar-refractivity contribution is 5.75. The van der Waals surface area contributed by atoms with Gasteiger partial charge < -0.3 is 0 Å². The molecule has 4 aromatic rings. The second kappa shape index (κ2) is 7.01. The average molecular weight is 334 g/mol. The van der Waals surface area contributed by atoms with E-state index < -0.39 is 0 Å². The van der Waals surface area contributed by atoms with Gasteiger partial charge in [-0.15, -0.1) is 0 Å². The maximum Gasteiger partial charge on any atom is -0.0178 e. The van der Waals surface area contributed by atoms with Gasteiger partial charge in [0.25, 0.3) is 0 Å². The highest BCUT2D eigenvalue weighted by Gasteiger charge is 2.03. The molecule has 0 N–H and O–H groups in total. The summed E-state index contributed by atoms with van der Waals surface area (Å²) in [7, 11) is 0. The first-order chi connectivity index (χ1) is 12.7. The van der Waals surface area contributed by atoms with Gasteiger partial charge in [-0.05, 0) is 53.3 Å². The standard InChI is InChI=1S/C26H22/c1-19-6-3-8-23(16-19)21-12-14-22(15-13-21)25-10-5-11-26(18-25)24-9-4-7-20(2)17-24/h3-18H,1-2H3. The van der Waals surface area contributed by atoms with Gasteiger partial charge in [-0.3, -0.25) is 0 Å². The van der Waals surface area contributed by atoms with Gasteiger partial charge in [0, 0.05) is 0 Å². The van der Waals surface area contributed by atoms with E-state index >= 15 is 0 Å². The van der Waals surface area contributed by atoms with Crippen LogP contribution in [0.2, 0.25) is 0 Å². The SMILES string of the molecule is Cc1cccc(-c2ccc(-c3cccc(-c4cccc(C)c4)c3)cc2)c1. The second-order valence-electron chi connectivity index (χ2n) is 6.90. The molecule has 0 spiro atoms. The number of aryl methyl sites for hydroxylation is 2. The van der Waals surface area contributed by atoms with E-state index in [0.717, 1.165) is 0 Å². The van der Waals surface area contributed by atoms with Crippen LogP contribution in [0.3, 0.4) is 0 Å². The summed E-state index contributed by atoms with van der Waals surface area (Å²) >= 11 is 0. The highest BCUT2D eigenvalue weighted by atomic mass is 14.1. The van der Waals surface area contributed by atoms with Crippen molar-refractivity contribution < 1.29 is 0 Å². The molecule has 0 fully saturated rings. The van der Waals surface area contributed by atoms with Gasteiger partial charge in [0.2, 0.25) is 0 Å². The van der Waals surface area contributed by atoms with E-state index in [1.54, 1.807) is 0 Å². The van der Waals surface area contributed by atoms with Gasteiger partial charge in [-0.1, -0.05) is 102 Å². The van der Waals surface area contributed by atoms with Crippen LogP contribution in [0.5, 0.6) is 0 Å². The smallest absolute Gasteiger partial charge is 0.0178 e. The molecule has 126 valence electrons. The topological polar surface area (TPSA) is 0 Å². The van der Waals surface area contributed by atoms with Crippen molar-refractivity contribution in [3.05, 3.63) is 108 Å². The Balaban J connectivity index is 1.67. The Kier molecular flexibility index (Phi) is 4.41. The monoisotopic (exact) mass is 334 g/mol. The van der Waals surface area contributed by atoms with Gasteiger partial charge in [-0.25, -0.2) is 0 Å². The summed E-state index contributed by atoms with van der Waals surface area (Å²) in [5.41, 5.74) is 10.1. The minimum atomic E-state index is 1.25. The molecule has 0 radical (unpaired) electrons. The second-order valence-corrected chi connectivity index (χ2v) is 6.90. The minimum absolute atomic E-state index is 1.25. The third-order valence-electron chi connectivity index (χ3n) is 4.78. The van der Waals surface area contributed by atoms with Crippen molar-refractivity contribution >= 4 is 0 Å². The van der Waals surface area contributed by atoms with Crippen LogP contribution in [0.1, 0.15) is 11.1 Å². The molecule has 0 heterocycles. The van der Waals surface area contributed by atoms with Crippen molar-refractivity contribution in [2.75, 3.05) is 0 Å². The Labute approximate surface area is 155 Å². The normalized spacial score (nSPS) is 10.7. The van der Waals surface area contributed by atoms with Crippen LogP contribution in [-0.2, 0) is 0 Å². The molecule has 0 aliphatic heterocycles. The van der Waals surface area contributed by atoms with Gasteiger partial charge >= 0.3 is 0 Å². The molecule has 0 amide bonds. The van der Waals surface area contributed by atoms with E-state index in [1.165, 1.54) is 44.5 Å². The lowest BCUT2D eigenvalue weighted by atomic mass is 9.96. The van der Waals surface area contributed by atoms with Crippen LogP contribution in [0.15, 0.2) is 97.1 Å². The molecule has 0 aromatic heterocycles. The van der Waals surface area contributed by atoms with Crippen LogP contribution in [-0.4, -0.2) is 0 Å². The molecule has 26 heavy (non-hydrogen) atoms. The number of rotatable bonds is 3. The first-order valence-corrected chi connectivity index (χ1v) is 9.04. The summed E-state index contributed by atoms with van der Waals surface area (Å²) in [6, 6.07) is 34.9. The van der Waals surface area contributed by atoms with Crippen LogP contribution >= 0.6 is 0 Å². The van der Waals surface area contributed by atoms with Gasteiger partial charge in [0.1, 0.15) is 0 Å². The van der Waals surface area contributed by atoms with E-state index in [-0.39, 0.29) is 0 Å². The summed E-state index contributed by atoms with van der Waals surface area (Å²) in [5, 5.41) is 0. The fourth-order valence-electron chi connectivity index (χ4n) is 3.38. The molecule has 4 rings (SSSR count). The molecule has 0 saturated carbocycles. The van der Waals surface area contributed by atoms with Crippen LogP contribution < -0.4 is 0 Å². The summed E-state index contributed by atoms with van der Waals surface area (Å²) in [6.45, 7) is 4.27. The van der Waals surface area contributed by atoms with Crippen LogP contribution in [0.4, 0.5) is 0 Å². The Morgan fingerprint density at radius 3 is 1.15 bits per heavy atom. The summed E-state index contributed by atoms with van der Waals surface area (Å²) in [5.74, 6) is 0. The molecule has 0 aliphatic carbocycles. The van der Waals surface area contributed by atoms with Gasteiger partial charge in [0.15, 0.2) is 0 Å². The maximum absolute atomic E-state index is 2.27. The van der Waals surface area contributed by atoms with Gasteiger partial charge in [-0.2, -0.15) is 0 Å². The molecular weight excluding hydrogens is 312 g/mol. The fourth-order valence-corrected chi connectivity index (χ4v) is 3.38. The summed E-state index contributed by atoms with van der Waals surface area (Å²) in [6.07, 6.45) is 0. The zero-order valence-corrected chi connectivity index (χ0v) is 15.2. The largest absolute Gasteiger partial charge is 0.0614 e. The third kappa shape index (κ3) is 3.45. The molecule has 0 heteroatoms. The molecule has 0 unspecified atom stereocenters. The van der Waals surface area contributed by atoms with Crippen molar-refractivity contribution in [3.63, 3.8) is 0 Å². The third-order valence-corrected chi connectivity index (χ3v) is 4.78. The number of hydrogen-bond acceptors (Lipinski definition) is 0. The number of benzene rings is 4. The predicted octanol–water partition coefficient (Wildman–Crippen LogP) is 7.30. The lowest BCUT2D eigenvalue weighted by Gasteiger charge is -2.08. The van der Waals surface area contributed by atoms with E-state index in [1.807, 2.05) is 0 Å². The highest BCUT2D eigenvalue weighted by Crippen LogP contribution is 2.29. The van der Waals surface area contributed by atoms with Crippen molar-refractivity contribution in [1.82, 2.24) is 0 Å². The lowest BCUT2D eigenvalue weighted by molar-refractivity contribution is 1.46. The fraction of sp³-hybridized carbons (Fsp3) is 0.0769. The first kappa shape index (κ1) is 16.4. The Bertz CT molecular complexity index is 1040. The minimum Gasteiger partial charge on any atom is -0.0614 e. The van der Waals surface area contributed by atoms with Crippen molar-refractivity contribution in [1.29, 1.82) is 0 Å². The lowest BCUT2D eigenvalue weighted by Crippen LogP contribution is -1.84. The van der Waals surface area contributed by atoms with E-state index in [9.17, 15) is 0 Å². The van der Waals surface area contributed by atoms with Crippen molar-refractivity contribution in [2.45, 2.75) is 13.8 Å². The summed E-state index contributed by atoms with van der Waals surface area (Å²) < 4.78 is 0. The Hall–Kier alpha value is -3.12. The average Bonchev–Trinajstić information content (AvgIpc) is 2.68. The van der Waals surface area contributed by atoms with Crippen molar-refractivity contribution in [3.8, 4) is 33.4 Å². The van der Waals surface area contributed by atoms with E-state index in [2.05, 4.69) is 111 Å². The quantitative estimate of drug-likeness (QED) is 0.368.